The summed E-state index contributed by atoms with van der Waals surface area (Å²) in [5, 5.41) is 9.03. The maximum atomic E-state index is 12.0. The van der Waals surface area contributed by atoms with Crippen LogP contribution in [0, 0.1) is 11.3 Å². The summed E-state index contributed by atoms with van der Waals surface area (Å²) in [7, 11) is 0. The Morgan fingerprint density at radius 3 is 2.50 bits per heavy atom. The van der Waals surface area contributed by atoms with Crippen molar-refractivity contribution in [1.29, 1.82) is 5.26 Å². The number of furan rings is 1. The summed E-state index contributed by atoms with van der Waals surface area (Å²) < 4.78 is 5.79. The third kappa shape index (κ3) is 2.76. The highest BCUT2D eigenvalue weighted by Gasteiger charge is 2.12. The summed E-state index contributed by atoms with van der Waals surface area (Å²) in [5.41, 5.74) is 0.527. The first kappa shape index (κ1) is 12.3. The quantitative estimate of drug-likeness (QED) is 0.492. The standard InChI is InChI=1S/C14H8BrNO2/c15-13-7-6-12(18-13)8-11(9-16)14(17)10-4-2-1-3-5-10/h1-8H/b11-8+. The molecule has 0 atom stereocenters. The van der Waals surface area contributed by atoms with Crippen LogP contribution in [0.1, 0.15) is 16.1 Å². The summed E-state index contributed by atoms with van der Waals surface area (Å²) in [6.07, 6.45) is 1.43. The minimum absolute atomic E-state index is 0.0445. The maximum Gasteiger partial charge on any atom is 0.203 e. The predicted octanol–water partition coefficient (Wildman–Crippen LogP) is 3.83. The number of nitriles is 1. The van der Waals surface area contributed by atoms with E-state index in [1.807, 2.05) is 12.1 Å². The average molecular weight is 302 g/mol. The summed E-state index contributed by atoms with van der Waals surface area (Å²) >= 11 is 3.16. The molecular weight excluding hydrogens is 294 g/mol. The van der Waals surface area contributed by atoms with E-state index >= 15 is 0 Å². The van der Waals surface area contributed by atoms with Crippen LogP contribution in [-0.2, 0) is 0 Å². The molecule has 0 fully saturated rings. The lowest BCUT2D eigenvalue weighted by Crippen LogP contribution is -2.01. The van der Waals surface area contributed by atoms with Gasteiger partial charge in [0.15, 0.2) is 4.67 Å². The van der Waals surface area contributed by atoms with E-state index in [2.05, 4.69) is 15.9 Å². The van der Waals surface area contributed by atoms with Gasteiger partial charge in [-0.1, -0.05) is 30.3 Å². The van der Waals surface area contributed by atoms with Gasteiger partial charge in [-0.2, -0.15) is 5.26 Å². The van der Waals surface area contributed by atoms with Crippen LogP contribution in [0.3, 0.4) is 0 Å². The second kappa shape index (κ2) is 5.48. The van der Waals surface area contributed by atoms with Crippen LogP contribution in [0.4, 0.5) is 0 Å². The highest BCUT2D eigenvalue weighted by molar-refractivity contribution is 9.10. The van der Waals surface area contributed by atoms with Gasteiger partial charge in [0.25, 0.3) is 0 Å². The third-order valence-corrected chi connectivity index (χ3v) is 2.71. The van der Waals surface area contributed by atoms with Gasteiger partial charge >= 0.3 is 0 Å². The van der Waals surface area contributed by atoms with Gasteiger partial charge in [0, 0.05) is 11.6 Å². The molecule has 0 saturated carbocycles. The number of carbonyl (C=O) groups is 1. The predicted molar refractivity (Wildman–Crippen MR) is 70.8 cm³/mol. The topological polar surface area (TPSA) is 54.0 Å². The molecule has 0 unspecified atom stereocenters. The van der Waals surface area contributed by atoms with Crippen LogP contribution < -0.4 is 0 Å². The lowest BCUT2D eigenvalue weighted by atomic mass is 10.0. The molecule has 0 N–H and O–H groups in total. The van der Waals surface area contributed by atoms with Crippen LogP contribution in [0.5, 0.6) is 0 Å². The van der Waals surface area contributed by atoms with Crippen molar-refractivity contribution in [3.8, 4) is 6.07 Å². The van der Waals surface area contributed by atoms with Crippen molar-refractivity contribution in [3.05, 3.63) is 64.0 Å². The molecule has 18 heavy (non-hydrogen) atoms. The highest BCUT2D eigenvalue weighted by atomic mass is 79.9. The molecule has 3 nitrogen and oxygen atoms in total. The largest absolute Gasteiger partial charge is 0.450 e. The molecule has 88 valence electrons. The van der Waals surface area contributed by atoms with Gasteiger partial charge in [-0.15, -0.1) is 0 Å². The van der Waals surface area contributed by atoms with E-state index in [1.54, 1.807) is 36.4 Å². The minimum atomic E-state index is -0.314. The number of nitrogens with zero attached hydrogens (tertiary/aromatic N) is 1. The van der Waals surface area contributed by atoms with Gasteiger partial charge in [0.1, 0.15) is 17.4 Å². The van der Waals surface area contributed by atoms with Gasteiger partial charge in [0.05, 0.1) is 0 Å². The Morgan fingerprint density at radius 1 is 1.22 bits per heavy atom. The summed E-state index contributed by atoms with van der Waals surface area (Å²) in [4.78, 5) is 12.0. The number of hydrogen-bond donors (Lipinski definition) is 0. The van der Waals surface area contributed by atoms with Crippen molar-refractivity contribution >= 4 is 27.8 Å². The van der Waals surface area contributed by atoms with Crippen molar-refractivity contribution in [2.75, 3.05) is 0 Å². The van der Waals surface area contributed by atoms with E-state index in [1.165, 1.54) is 6.08 Å². The number of allylic oxidation sites excluding steroid dienone is 1. The average Bonchev–Trinajstić information content (AvgIpc) is 2.82. The first-order valence-electron chi connectivity index (χ1n) is 5.17. The number of hydrogen-bond acceptors (Lipinski definition) is 3. The zero-order valence-electron chi connectivity index (χ0n) is 9.26. The maximum absolute atomic E-state index is 12.0. The monoisotopic (exact) mass is 301 g/mol. The van der Waals surface area contributed by atoms with Crippen LogP contribution in [0.2, 0.25) is 0 Å². The zero-order valence-corrected chi connectivity index (χ0v) is 10.8. The Labute approximate surface area is 112 Å². The molecule has 0 aliphatic carbocycles. The molecule has 1 aromatic carbocycles. The molecule has 1 heterocycles. The second-order valence-corrected chi connectivity index (χ2v) is 4.29. The highest BCUT2D eigenvalue weighted by Crippen LogP contribution is 2.18. The van der Waals surface area contributed by atoms with E-state index in [0.717, 1.165) is 0 Å². The van der Waals surface area contributed by atoms with E-state index < -0.39 is 0 Å². The second-order valence-electron chi connectivity index (χ2n) is 3.51. The summed E-state index contributed by atoms with van der Waals surface area (Å²) in [5.74, 6) is 0.147. The summed E-state index contributed by atoms with van der Waals surface area (Å²) in [6, 6.07) is 13.9. The Kier molecular flexibility index (Phi) is 3.75. The van der Waals surface area contributed by atoms with Crippen molar-refractivity contribution in [2.45, 2.75) is 0 Å². The summed E-state index contributed by atoms with van der Waals surface area (Å²) in [6.45, 7) is 0. The van der Waals surface area contributed by atoms with Crippen molar-refractivity contribution in [3.63, 3.8) is 0 Å². The number of Topliss-reactive ketones (excluding diaryl/α,β-unsaturated/α-hetero) is 1. The lowest BCUT2D eigenvalue weighted by Gasteiger charge is -1.97. The molecule has 0 bridgehead atoms. The van der Waals surface area contributed by atoms with Crippen LogP contribution >= 0.6 is 15.9 Å². The fourth-order valence-electron chi connectivity index (χ4n) is 1.44. The Bertz CT molecular complexity index is 635. The first-order chi connectivity index (χ1) is 8.70. The number of benzene rings is 1. The van der Waals surface area contributed by atoms with Gasteiger partial charge in [-0.25, -0.2) is 0 Å². The Morgan fingerprint density at radius 2 is 1.94 bits per heavy atom. The number of carbonyl (C=O) groups excluding carboxylic acids is 1. The van der Waals surface area contributed by atoms with E-state index in [0.29, 0.717) is 16.0 Å². The van der Waals surface area contributed by atoms with E-state index in [-0.39, 0.29) is 11.4 Å². The normalized spacial score (nSPS) is 11.0. The van der Waals surface area contributed by atoms with Crippen LogP contribution in [0.25, 0.3) is 6.08 Å². The molecule has 0 radical (unpaired) electrons. The molecule has 2 rings (SSSR count). The fraction of sp³-hybridized carbons (Fsp3) is 0. The van der Waals surface area contributed by atoms with Gasteiger partial charge < -0.3 is 4.42 Å². The first-order valence-corrected chi connectivity index (χ1v) is 5.97. The number of halogens is 1. The van der Waals surface area contributed by atoms with Crippen LogP contribution in [0.15, 0.2) is 57.1 Å². The minimum Gasteiger partial charge on any atom is -0.450 e. The fourth-order valence-corrected chi connectivity index (χ4v) is 1.76. The molecule has 0 aliphatic heterocycles. The molecule has 2 aromatic rings. The van der Waals surface area contributed by atoms with Crippen molar-refractivity contribution < 1.29 is 9.21 Å². The van der Waals surface area contributed by atoms with E-state index in [4.69, 9.17) is 9.68 Å². The third-order valence-electron chi connectivity index (χ3n) is 2.28. The molecule has 0 aliphatic rings. The SMILES string of the molecule is N#C/C(=C\c1ccc(Br)o1)C(=O)c1ccccc1. The Balaban J connectivity index is 2.33. The van der Waals surface area contributed by atoms with Crippen molar-refractivity contribution in [1.82, 2.24) is 0 Å². The van der Waals surface area contributed by atoms with Gasteiger partial charge in [-0.05, 0) is 28.1 Å². The lowest BCUT2D eigenvalue weighted by molar-refractivity contribution is 0.104. The van der Waals surface area contributed by atoms with E-state index in [9.17, 15) is 4.79 Å². The molecule has 0 spiro atoms. The van der Waals surface area contributed by atoms with Crippen molar-refractivity contribution in [2.24, 2.45) is 0 Å². The molecule has 0 amide bonds. The Hall–Kier alpha value is -2.12. The van der Waals surface area contributed by atoms with Crippen LogP contribution in [-0.4, -0.2) is 5.78 Å². The van der Waals surface area contributed by atoms with Gasteiger partial charge in [0.2, 0.25) is 5.78 Å². The zero-order chi connectivity index (χ0) is 13.0. The molecular formula is C14H8BrNO2. The smallest absolute Gasteiger partial charge is 0.203 e. The van der Waals surface area contributed by atoms with Gasteiger partial charge in [-0.3, -0.25) is 4.79 Å². The number of ketones is 1. The molecule has 4 heteroatoms. The number of rotatable bonds is 3. The molecule has 1 aromatic heterocycles. The molecule has 0 saturated heterocycles.